The van der Waals surface area contributed by atoms with Gasteiger partial charge in [-0.2, -0.15) is 0 Å². The molecule has 0 amide bonds. The summed E-state index contributed by atoms with van der Waals surface area (Å²) in [5, 5.41) is 61.0. The van der Waals surface area contributed by atoms with Gasteiger partial charge in [-0.1, -0.05) is 0 Å². The molecule has 0 spiro atoms. The minimum Gasteiger partial charge on any atom is -0.508 e. The molecule has 1 fully saturated rings. The van der Waals surface area contributed by atoms with E-state index in [1.165, 1.54) is 24.3 Å². The van der Waals surface area contributed by atoms with Crippen LogP contribution < -0.4 is 15.8 Å². The Balaban J connectivity index is 1.48. The predicted octanol–water partition coefficient (Wildman–Crippen LogP) is 0.573. The Morgan fingerprint density at radius 1 is 0.878 bits per heavy atom. The molecule has 1 saturated heterocycles. The minimum atomic E-state index is -1.92. The summed E-state index contributed by atoms with van der Waals surface area (Å²) in [6, 6.07) is 9.45. The molecular weight excluding hydrogens is 548 g/mol. The lowest BCUT2D eigenvalue weighted by molar-refractivity contribution is -0.277. The molecule has 2 aromatic carbocycles. The summed E-state index contributed by atoms with van der Waals surface area (Å²) in [6.45, 7) is -0.653. The first-order valence-corrected chi connectivity index (χ1v) is 12.0. The minimum absolute atomic E-state index is 0.104. The second kappa shape index (κ2) is 10.9. The second-order valence-corrected chi connectivity index (χ2v) is 9.05. The highest BCUT2D eigenvalue weighted by molar-refractivity contribution is 5.89. The Labute approximate surface area is 228 Å². The molecule has 214 valence electrons. The quantitative estimate of drug-likeness (QED) is 0.174. The van der Waals surface area contributed by atoms with Crippen molar-refractivity contribution >= 4 is 16.9 Å². The smallest absolute Gasteiger partial charge is 0.341 e. The van der Waals surface area contributed by atoms with Crippen LogP contribution in [0.25, 0.3) is 22.3 Å². The lowest BCUT2D eigenvalue weighted by Crippen LogP contribution is -2.60. The number of phenols is 3. The summed E-state index contributed by atoms with van der Waals surface area (Å²) in [7, 11) is 0. The Kier molecular flexibility index (Phi) is 7.38. The summed E-state index contributed by atoms with van der Waals surface area (Å²) in [4.78, 5) is 36.9. The highest BCUT2D eigenvalue weighted by atomic mass is 16.7. The summed E-state index contributed by atoms with van der Waals surface area (Å²) in [5.74, 6) is -2.94. The first kappa shape index (κ1) is 27.7. The summed E-state index contributed by atoms with van der Waals surface area (Å²) in [6.07, 6.45) is -8.00. The molecule has 4 aromatic rings. The lowest BCUT2D eigenvalue weighted by Gasteiger charge is -2.39. The summed E-state index contributed by atoms with van der Waals surface area (Å²) in [5.41, 5.74) is -1.78. The van der Waals surface area contributed by atoms with E-state index in [0.717, 1.165) is 30.5 Å². The zero-order valence-corrected chi connectivity index (χ0v) is 20.7. The average Bonchev–Trinajstić information content (AvgIpc) is 2.94. The molecule has 0 radical (unpaired) electrons. The number of hydrogen-bond acceptors (Lipinski definition) is 14. The average molecular weight is 570 g/mol. The van der Waals surface area contributed by atoms with Crippen molar-refractivity contribution in [2.24, 2.45) is 0 Å². The molecule has 2 aromatic heterocycles. The van der Waals surface area contributed by atoms with Crippen LogP contribution in [0.4, 0.5) is 0 Å². The van der Waals surface area contributed by atoms with E-state index in [1.54, 1.807) is 0 Å². The second-order valence-electron chi connectivity index (χ2n) is 9.05. The zero-order valence-electron chi connectivity index (χ0n) is 20.7. The van der Waals surface area contributed by atoms with E-state index in [0.29, 0.717) is 0 Å². The SMILES string of the molecule is O=C(OCC1OC(Oc2c(-c3ccc(O)cc3)oc3cc(O)cc(O)c3c2=O)C(O)C(O)C1O)c1ccc(=O)oc1. The highest BCUT2D eigenvalue weighted by Crippen LogP contribution is 2.37. The molecule has 41 heavy (non-hydrogen) atoms. The molecule has 5 atom stereocenters. The molecular formula is C27H22O14. The van der Waals surface area contributed by atoms with Gasteiger partial charge in [0.25, 0.3) is 0 Å². The third kappa shape index (κ3) is 5.44. The fourth-order valence-electron chi connectivity index (χ4n) is 4.16. The fourth-order valence-corrected chi connectivity index (χ4v) is 4.16. The van der Waals surface area contributed by atoms with Gasteiger partial charge in [-0.05, 0) is 30.3 Å². The standard InChI is InChI=1S/C27H22O14/c28-13-4-1-11(2-5-13)24-25(21(33)19-15(30)7-14(29)8-16(19)39-24)41-27-23(35)22(34)20(32)17(40-27)10-38-26(36)12-3-6-18(31)37-9-12/h1-9,17,20,22-23,27-30,32,34-35H,10H2. The van der Waals surface area contributed by atoms with Crippen molar-refractivity contribution in [3.63, 3.8) is 0 Å². The molecule has 14 heteroatoms. The van der Waals surface area contributed by atoms with Gasteiger partial charge in [-0.15, -0.1) is 0 Å². The topological polar surface area (TPSA) is 227 Å². The Hall–Kier alpha value is -4.89. The van der Waals surface area contributed by atoms with Gasteiger partial charge in [0.1, 0.15) is 65.5 Å². The Bertz CT molecular complexity index is 1690. The van der Waals surface area contributed by atoms with Crippen LogP contribution in [-0.4, -0.2) is 73.9 Å². The maximum atomic E-state index is 13.5. The van der Waals surface area contributed by atoms with Crippen LogP contribution in [0.15, 0.2) is 73.2 Å². The van der Waals surface area contributed by atoms with Gasteiger partial charge in [0.05, 0.1) is 5.56 Å². The van der Waals surface area contributed by atoms with Crippen molar-refractivity contribution in [2.75, 3.05) is 6.61 Å². The molecule has 3 heterocycles. The van der Waals surface area contributed by atoms with E-state index in [9.17, 15) is 45.0 Å². The van der Waals surface area contributed by atoms with E-state index in [1.807, 2.05) is 0 Å². The number of phenolic OH excluding ortho intramolecular Hbond substituents is 3. The van der Waals surface area contributed by atoms with Crippen molar-refractivity contribution in [1.82, 2.24) is 0 Å². The molecule has 1 aliphatic rings. The molecule has 5 unspecified atom stereocenters. The number of carbonyl (C=O) groups excluding carboxylic acids is 1. The van der Waals surface area contributed by atoms with Crippen LogP contribution in [0.2, 0.25) is 0 Å². The first-order valence-electron chi connectivity index (χ1n) is 12.0. The van der Waals surface area contributed by atoms with Crippen LogP contribution in [0.5, 0.6) is 23.0 Å². The number of esters is 1. The maximum absolute atomic E-state index is 13.5. The number of ether oxygens (including phenoxy) is 3. The number of carbonyl (C=O) groups is 1. The molecule has 0 bridgehead atoms. The Morgan fingerprint density at radius 2 is 1.61 bits per heavy atom. The summed E-state index contributed by atoms with van der Waals surface area (Å²) >= 11 is 0. The van der Waals surface area contributed by atoms with E-state index in [2.05, 4.69) is 4.42 Å². The van der Waals surface area contributed by atoms with Crippen LogP contribution in [0.1, 0.15) is 10.4 Å². The van der Waals surface area contributed by atoms with Crippen molar-refractivity contribution in [3.05, 3.63) is 81.0 Å². The normalized spacial score (nSPS) is 22.4. The van der Waals surface area contributed by atoms with Crippen molar-refractivity contribution in [1.29, 1.82) is 0 Å². The van der Waals surface area contributed by atoms with Gasteiger partial charge in [-0.25, -0.2) is 9.59 Å². The predicted molar refractivity (Wildman–Crippen MR) is 135 cm³/mol. The molecule has 14 nitrogen and oxygen atoms in total. The van der Waals surface area contributed by atoms with Gasteiger partial charge in [0.15, 0.2) is 5.76 Å². The number of rotatable bonds is 6. The molecule has 6 N–H and O–H groups in total. The number of hydrogen-bond donors (Lipinski definition) is 6. The van der Waals surface area contributed by atoms with Gasteiger partial charge in [0, 0.05) is 23.8 Å². The van der Waals surface area contributed by atoms with E-state index >= 15 is 0 Å². The lowest BCUT2D eigenvalue weighted by atomic mass is 9.99. The van der Waals surface area contributed by atoms with Gasteiger partial charge >= 0.3 is 11.6 Å². The van der Waals surface area contributed by atoms with Crippen LogP contribution in [-0.2, 0) is 9.47 Å². The third-order valence-electron chi connectivity index (χ3n) is 6.27. The van der Waals surface area contributed by atoms with Gasteiger partial charge in [-0.3, -0.25) is 4.79 Å². The number of aliphatic hydroxyl groups excluding tert-OH is 3. The number of benzene rings is 2. The van der Waals surface area contributed by atoms with E-state index in [4.69, 9.17) is 18.6 Å². The monoisotopic (exact) mass is 570 g/mol. The van der Waals surface area contributed by atoms with E-state index in [-0.39, 0.29) is 33.6 Å². The third-order valence-corrected chi connectivity index (χ3v) is 6.27. The fraction of sp³-hybridized carbons (Fsp3) is 0.222. The van der Waals surface area contributed by atoms with Crippen molar-refractivity contribution < 1.29 is 58.5 Å². The van der Waals surface area contributed by atoms with Gasteiger partial charge < -0.3 is 53.7 Å². The maximum Gasteiger partial charge on any atom is 0.341 e. The highest BCUT2D eigenvalue weighted by Gasteiger charge is 2.46. The Morgan fingerprint density at radius 3 is 2.29 bits per heavy atom. The van der Waals surface area contributed by atoms with Crippen LogP contribution in [0, 0.1) is 0 Å². The summed E-state index contributed by atoms with van der Waals surface area (Å²) < 4.78 is 26.7. The first-order chi connectivity index (χ1) is 19.5. The largest absolute Gasteiger partial charge is 0.508 e. The number of aliphatic hydroxyl groups is 3. The van der Waals surface area contributed by atoms with Crippen molar-refractivity contribution in [2.45, 2.75) is 30.7 Å². The molecule has 0 saturated carbocycles. The van der Waals surface area contributed by atoms with Crippen LogP contribution in [0.3, 0.4) is 0 Å². The molecule has 1 aliphatic heterocycles. The molecule has 0 aliphatic carbocycles. The zero-order chi connectivity index (χ0) is 29.4. The number of aromatic hydroxyl groups is 3. The van der Waals surface area contributed by atoms with Crippen molar-refractivity contribution in [3.8, 4) is 34.3 Å². The van der Waals surface area contributed by atoms with Gasteiger partial charge in [0.2, 0.25) is 17.5 Å². The van der Waals surface area contributed by atoms with Crippen LogP contribution >= 0.6 is 0 Å². The van der Waals surface area contributed by atoms with E-state index < -0.39 is 71.6 Å². The molecule has 5 rings (SSSR count). The number of fused-ring (bicyclic) bond motifs is 1.